The van der Waals surface area contributed by atoms with Gasteiger partial charge in [0.2, 0.25) is 5.91 Å². The van der Waals surface area contributed by atoms with Gasteiger partial charge in [0, 0.05) is 25.5 Å². The predicted molar refractivity (Wildman–Crippen MR) is 69.6 cm³/mol. The van der Waals surface area contributed by atoms with Crippen molar-refractivity contribution in [2.24, 2.45) is 0 Å². The van der Waals surface area contributed by atoms with Gasteiger partial charge in [-0.05, 0) is 37.1 Å². The zero-order valence-electron chi connectivity index (χ0n) is 10.6. The second-order valence-corrected chi connectivity index (χ2v) is 4.20. The Bertz CT molecular complexity index is 398. The third-order valence-corrected chi connectivity index (χ3v) is 2.78. The number of hydrogen-bond acceptors (Lipinski definition) is 3. The van der Waals surface area contributed by atoms with E-state index in [0.717, 1.165) is 19.3 Å². The highest BCUT2D eigenvalue weighted by Gasteiger charge is 2.05. The molecule has 2 N–H and O–H groups in total. The maximum absolute atomic E-state index is 11.7. The minimum atomic E-state index is 0.0415. The van der Waals surface area contributed by atoms with E-state index in [1.807, 2.05) is 0 Å². The molecular formula is C14H19NO3. The van der Waals surface area contributed by atoms with Crippen LogP contribution < -0.4 is 5.32 Å². The third kappa shape index (κ3) is 4.99. The second kappa shape index (κ2) is 7.48. The molecule has 0 aromatic heterocycles. The number of nitrogens with one attached hydrogen (secondary N) is 1. The molecule has 0 spiro atoms. The number of amides is 1. The molecule has 0 heterocycles. The van der Waals surface area contributed by atoms with Crippen molar-refractivity contribution in [1.82, 2.24) is 5.32 Å². The summed E-state index contributed by atoms with van der Waals surface area (Å²) >= 11 is 0. The largest absolute Gasteiger partial charge is 0.508 e. The van der Waals surface area contributed by atoms with Crippen LogP contribution in [0.5, 0.6) is 5.75 Å². The van der Waals surface area contributed by atoms with Crippen molar-refractivity contribution in [2.75, 3.05) is 7.05 Å². The van der Waals surface area contributed by atoms with Gasteiger partial charge in [0.1, 0.15) is 5.75 Å². The Morgan fingerprint density at radius 2 is 1.67 bits per heavy atom. The molecule has 1 aromatic rings. The van der Waals surface area contributed by atoms with E-state index in [1.54, 1.807) is 19.2 Å². The van der Waals surface area contributed by atoms with Crippen LogP contribution in [0.3, 0.4) is 0 Å². The standard InChI is InChI=1S/C14H19NO3/c1-15-14(18)6-4-2-3-5-13(17)11-7-9-12(16)10-8-11/h7-10,16H,2-6H2,1H3,(H,15,18). The average Bonchev–Trinajstić information content (AvgIpc) is 2.38. The van der Waals surface area contributed by atoms with E-state index in [4.69, 9.17) is 5.11 Å². The Balaban J connectivity index is 2.21. The van der Waals surface area contributed by atoms with Crippen LogP contribution in [0.1, 0.15) is 42.5 Å². The summed E-state index contributed by atoms with van der Waals surface area (Å²) in [4.78, 5) is 22.7. The summed E-state index contributed by atoms with van der Waals surface area (Å²) in [5.41, 5.74) is 0.624. The molecule has 0 bridgehead atoms. The number of carbonyl (C=O) groups excluding carboxylic acids is 2. The van der Waals surface area contributed by atoms with E-state index in [9.17, 15) is 9.59 Å². The van der Waals surface area contributed by atoms with Crippen molar-refractivity contribution >= 4 is 11.7 Å². The Hall–Kier alpha value is -1.84. The molecule has 0 unspecified atom stereocenters. The molecule has 0 aliphatic rings. The molecule has 0 radical (unpaired) electrons. The molecule has 98 valence electrons. The van der Waals surface area contributed by atoms with Crippen LogP contribution >= 0.6 is 0 Å². The van der Waals surface area contributed by atoms with Gasteiger partial charge in [-0.3, -0.25) is 9.59 Å². The summed E-state index contributed by atoms with van der Waals surface area (Å²) in [5, 5.41) is 11.7. The number of carbonyl (C=O) groups is 2. The predicted octanol–water partition coefficient (Wildman–Crippen LogP) is 2.27. The van der Waals surface area contributed by atoms with Gasteiger partial charge in [0.25, 0.3) is 0 Å². The molecule has 0 saturated carbocycles. The molecule has 4 nitrogen and oxygen atoms in total. The van der Waals surface area contributed by atoms with Crippen LogP contribution in [0.25, 0.3) is 0 Å². The molecular weight excluding hydrogens is 230 g/mol. The maximum atomic E-state index is 11.7. The number of Topliss-reactive ketones (excluding diaryl/α,β-unsaturated/α-hetero) is 1. The summed E-state index contributed by atoms with van der Waals surface area (Å²) in [7, 11) is 1.62. The van der Waals surface area contributed by atoms with Gasteiger partial charge in [-0.2, -0.15) is 0 Å². The number of benzene rings is 1. The van der Waals surface area contributed by atoms with Gasteiger partial charge in [-0.25, -0.2) is 0 Å². The SMILES string of the molecule is CNC(=O)CCCCCC(=O)c1ccc(O)cc1. The molecule has 0 aliphatic carbocycles. The molecule has 4 heteroatoms. The average molecular weight is 249 g/mol. The van der Waals surface area contributed by atoms with Gasteiger partial charge < -0.3 is 10.4 Å². The van der Waals surface area contributed by atoms with Crippen molar-refractivity contribution in [2.45, 2.75) is 32.1 Å². The van der Waals surface area contributed by atoms with Crippen LogP contribution in [0, 0.1) is 0 Å². The lowest BCUT2D eigenvalue weighted by Crippen LogP contribution is -2.16. The Morgan fingerprint density at radius 1 is 1.06 bits per heavy atom. The quantitative estimate of drug-likeness (QED) is 0.575. The fraction of sp³-hybridized carbons (Fsp3) is 0.429. The second-order valence-electron chi connectivity index (χ2n) is 4.20. The number of aromatic hydroxyl groups is 1. The Labute approximate surface area is 107 Å². The number of rotatable bonds is 7. The van der Waals surface area contributed by atoms with Gasteiger partial charge in [-0.1, -0.05) is 6.42 Å². The third-order valence-electron chi connectivity index (χ3n) is 2.78. The van der Waals surface area contributed by atoms with Crippen LogP contribution in [-0.2, 0) is 4.79 Å². The van der Waals surface area contributed by atoms with E-state index in [2.05, 4.69) is 5.32 Å². The van der Waals surface area contributed by atoms with Crippen molar-refractivity contribution < 1.29 is 14.7 Å². The lowest BCUT2D eigenvalue weighted by atomic mass is 10.0. The first-order valence-corrected chi connectivity index (χ1v) is 6.16. The highest BCUT2D eigenvalue weighted by atomic mass is 16.3. The number of phenols is 1. The number of hydrogen-bond donors (Lipinski definition) is 2. The summed E-state index contributed by atoms with van der Waals surface area (Å²) in [5.74, 6) is 0.284. The van der Waals surface area contributed by atoms with E-state index in [0.29, 0.717) is 18.4 Å². The van der Waals surface area contributed by atoms with Crippen molar-refractivity contribution in [1.29, 1.82) is 0 Å². The molecule has 0 saturated heterocycles. The first-order valence-electron chi connectivity index (χ1n) is 6.16. The van der Waals surface area contributed by atoms with Crippen molar-refractivity contribution in [3.05, 3.63) is 29.8 Å². The summed E-state index contributed by atoms with van der Waals surface area (Å²) in [6.45, 7) is 0. The van der Waals surface area contributed by atoms with E-state index in [1.165, 1.54) is 12.1 Å². The van der Waals surface area contributed by atoms with Crippen LogP contribution in [-0.4, -0.2) is 23.8 Å². The fourth-order valence-corrected chi connectivity index (χ4v) is 1.66. The van der Waals surface area contributed by atoms with Crippen LogP contribution in [0.15, 0.2) is 24.3 Å². The van der Waals surface area contributed by atoms with E-state index < -0.39 is 0 Å². The lowest BCUT2D eigenvalue weighted by Gasteiger charge is -2.02. The minimum absolute atomic E-state index is 0.0415. The lowest BCUT2D eigenvalue weighted by molar-refractivity contribution is -0.120. The number of unbranched alkanes of at least 4 members (excludes halogenated alkanes) is 2. The summed E-state index contributed by atoms with van der Waals surface area (Å²) in [6, 6.07) is 6.28. The Kier molecular flexibility index (Phi) is 5.91. The molecule has 1 aromatic carbocycles. The van der Waals surface area contributed by atoms with Crippen molar-refractivity contribution in [3.63, 3.8) is 0 Å². The molecule has 0 fully saturated rings. The minimum Gasteiger partial charge on any atom is -0.508 e. The molecule has 0 aliphatic heterocycles. The highest BCUT2D eigenvalue weighted by molar-refractivity contribution is 5.96. The zero-order chi connectivity index (χ0) is 13.4. The Morgan fingerprint density at radius 3 is 2.28 bits per heavy atom. The van der Waals surface area contributed by atoms with Crippen molar-refractivity contribution in [3.8, 4) is 5.75 Å². The first kappa shape index (κ1) is 14.2. The maximum Gasteiger partial charge on any atom is 0.219 e. The van der Waals surface area contributed by atoms with E-state index >= 15 is 0 Å². The summed E-state index contributed by atoms with van der Waals surface area (Å²) in [6.07, 6.45) is 3.47. The zero-order valence-corrected chi connectivity index (χ0v) is 10.6. The van der Waals surface area contributed by atoms with Crippen LogP contribution in [0.4, 0.5) is 0 Å². The van der Waals surface area contributed by atoms with E-state index in [-0.39, 0.29) is 17.4 Å². The fourth-order valence-electron chi connectivity index (χ4n) is 1.66. The first-order chi connectivity index (χ1) is 8.63. The van der Waals surface area contributed by atoms with Crippen LogP contribution in [0.2, 0.25) is 0 Å². The topological polar surface area (TPSA) is 66.4 Å². The number of ketones is 1. The summed E-state index contributed by atoms with van der Waals surface area (Å²) < 4.78 is 0. The highest BCUT2D eigenvalue weighted by Crippen LogP contribution is 2.13. The molecule has 1 rings (SSSR count). The molecule has 1 amide bonds. The monoisotopic (exact) mass is 249 g/mol. The normalized spacial score (nSPS) is 10.1. The van der Waals surface area contributed by atoms with Gasteiger partial charge in [-0.15, -0.1) is 0 Å². The number of phenolic OH excluding ortho intramolecular Hbond substituents is 1. The smallest absolute Gasteiger partial charge is 0.219 e. The van der Waals surface area contributed by atoms with Gasteiger partial charge >= 0.3 is 0 Å². The molecule has 18 heavy (non-hydrogen) atoms. The van der Waals surface area contributed by atoms with Gasteiger partial charge in [0.05, 0.1) is 0 Å². The van der Waals surface area contributed by atoms with Gasteiger partial charge in [0.15, 0.2) is 5.78 Å². The molecule has 0 atom stereocenters.